The van der Waals surface area contributed by atoms with Crippen LogP contribution < -0.4 is 4.74 Å². The Balaban J connectivity index is 2.19. The minimum atomic E-state index is -1.26. The lowest BCUT2D eigenvalue weighted by molar-refractivity contribution is -0.137. The SMILES string of the molecule is COc1ccc(C=CC(=O)C(CCC(=O)O)C(=O)C=Cc2ccc(CO)c(F)c2)cc1F. The Kier molecular flexibility index (Phi) is 8.97. The summed E-state index contributed by atoms with van der Waals surface area (Å²) in [6.07, 6.45) is 4.17. The van der Waals surface area contributed by atoms with E-state index < -0.39 is 48.1 Å². The highest BCUT2D eigenvalue weighted by molar-refractivity contribution is 6.13. The Bertz CT molecular complexity index is 983. The summed E-state index contributed by atoms with van der Waals surface area (Å²) in [5.74, 6) is -4.94. The average Bonchev–Trinajstić information content (AvgIpc) is 2.76. The van der Waals surface area contributed by atoms with E-state index in [1.165, 1.54) is 43.5 Å². The molecule has 1 atom stereocenters. The Labute approximate surface area is 183 Å². The van der Waals surface area contributed by atoms with E-state index in [1.54, 1.807) is 0 Å². The molecule has 2 aromatic carbocycles. The van der Waals surface area contributed by atoms with Crippen LogP contribution >= 0.6 is 0 Å². The zero-order valence-corrected chi connectivity index (χ0v) is 17.3. The van der Waals surface area contributed by atoms with Crippen LogP contribution in [0.2, 0.25) is 0 Å². The van der Waals surface area contributed by atoms with Gasteiger partial charge in [-0.1, -0.05) is 30.4 Å². The molecular formula is C24H22F2O6. The standard InChI is InChI=1S/C24H22F2O6/c1-32-23-10-5-16(13-20(23)26)4-9-22(29)18(7-11-24(30)31)21(28)8-3-15-2-6-17(14-27)19(25)12-15/h2-6,8-10,12-13,18,27H,7,11,14H2,1H3,(H,30,31). The maximum absolute atomic E-state index is 13.8. The third-order valence-corrected chi connectivity index (χ3v) is 4.64. The van der Waals surface area contributed by atoms with Crippen LogP contribution in [0.25, 0.3) is 12.2 Å². The summed E-state index contributed by atoms with van der Waals surface area (Å²) in [5.41, 5.74) is 0.793. The quantitative estimate of drug-likeness (QED) is 0.404. The zero-order chi connectivity index (χ0) is 23.7. The largest absolute Gasteiger partial charge is 0.494 e. The summed E-state index contributed by atoms with van der Waals surface area (Å²) in [7, 11) is 1.32. The number of rotatable bonds is 11. The monoisotopic (exact) mass is 444 g/mol. The van der Waals surface area contributed by atoms with E-state index in [1.807, 2.05) is 0 Å². The molecule has 0 saturated carbocycles. The van der Waals surface area contributed by atoms with Gasteiger partial charge >= 0.3 is 5.97 Å². The van der Waals surface area contributed by atoms with Crippen LogP contribution in [0, 0.1) is 17.6 Å². The summed E-state index contributed by atoms with van der Waals surface area (Å²) in [6.45, 7) is -0.467. The summed E-state index contributed by atoms with van der Waals surface area (Å²) < 4.78 is 32.4. The van der Waals surface area contributed by atoms with Crippen molar-refractivity contribution in [3.8, 4) is 5.75 Å². The molecule has 0 aliphatic rings. The molecule has 6 nitrogen and oxygen atoms in total. The molecule has 0 heterocycles. The molecular weight excluding hydrogens is 422 g/mol. The van der Waals surface area contributed by atoms with E-state index in [4.69, 9.17) is 14.9 Å². The average molecular weight is 444 g/mol. The van der Waals surface area contributed by atoms with Crippen LogP contribution in [0.1, 0.15) is 29.5 Å². The predicted octanol–water partition coefficient (Wildman–Crippen LogP) is 3.81. The zero-order valence-electron chi connectivity index (χ0n) is 17.3. The number of aliphatic hydroxyl groups is 1. The van der Waals surface area contributed by atoms with Crippen LogP contribution in [-0.2, 0) is 21.0 Å². The third-order valence-electron chi connectivity index (χ3n) is 4.64. The van der Waals surface area contributed by atoms with Gasteiger partial charge in [0.25, 0.3) is 0 Å². The van der Waals surface area contributed by atoms with Gasteiger partial charge in [-0.05, 0) is 47.9 Å². The number of methoxy groups -OCH3 is 1. The molecule has 0 radical (unpaired) electrons. The molecule has 2 N–H and O–H groups in total. The van der Waals surface area contributed by atoms with Crippen molar-refractivity contribution in [2.24, 2.45) is 5.92 Å². The molecule has 0 aliphatic heterocycles. The highest BCUT2D eigenvalue weighted by atomic mass is 19.1. The third kappa shape index (κ3) is 6.95. The van der Waals surface area contributed by atoms with Gasteiger partial charge in [-0.2, -0.15) is 0 Å². The molecule has 0 fully saturated rings. The van der Waals surface area contributed by atoms with E-state index in [-0.39, 0.29) is 17.7 Å². The molecule has 2 rings (SSSR count). The summed E-state index contributed by atoms with van der Waals surface area (Å²) >= 11 is 0. The van der Waals surface area contributed by atoms with Gasteiger partial charge in [-0.15, -0.1) is 0 Å². The highest BCUT2D eigenvalue weighted by Gasteiger charge is 2.23. The predicted molar refractivity (Wildman–Crippen MR) is 114 cm³/mol. The van der Waals surface area contributed by atoms with Crippen molar-refractivity contribution < 1.29 is 38.1 Å². The van der Waals surface area contributed by atoms with Gasteiger partial charge in [0.15, 0.2) is 23.1 Å². The van der Waals surface area contributed by atoms with Crippen molar-refractivity contribution in [1.29, 1.82) is 0 Å². The lowest BCUT2D eigenvalue weighted by Crippen LogP contribution is -2.22. The van der Waals surface area contributed by atoms with Crippen molar-refractivity contribution in [2.75, 3.05) is 7.11 Å². The smallest absolute Gasteiger partial charge is 0.303 e. The number of carbonyl (C=O) groups excluding carboxylic acids is 2. The molecule has 0 spiro atoms. The molecule has 168 valence electrons. The van der Waals surface area contributed by atoms with Gasteiger partial charge in [0.1, 0.15) is 5.82 Å². The number of aliphatic hydroxyl groups excluding tert-OH is 1. The number of ether oxygens (including phenoxy) is 1. The lowest BCUT2D eigenvalue weighted by atomic mass is 9.92. The molecule has 0 amide bonds. The van der Waals surface area contributed by atoms with Crippen LogP contribution in [0.15, 0.2) is 48.6 Å². The Morgan fingerprint density at radius 2 is 1.53 bits per heavy atom. The molecule has 0 aromatic heterocycles. The number of benzene rings is 2. The minimum Gasteiger partial charge on any atom is -0.494 e. The summed E-state index contributed by atoms with van der Waals surface area (Å²) in [4.78, 5) is 36.1. The van der Waals surface area contributed by atoms with Crippen molar-refractivity contribution in [3.63, 3.8) is 0 Å². The molecule has 32 heavy (non-hydrogen) atoms. The number of carbonyl (C=O) groups is 3. The van der Waals surface area contributed by atoms with E-state index >= 15 is 0 Å². The molecule has 0 bridgehead atoms. The number of aliphatic carboxylic acids is 1. The van der Waals surface area contributed by atoms with Crippen LogP contribution in [0.5, 0.6) is 5.75 Å². The van der Waals surface area contributed by atoms with Crippen LogP contribution in [-0.4, -0.2) is 34.9 Å². The fraction of sp³-hybridized carbons (Fsp3) is 0.208. The highest BCUT2D eigenvalue weighted by Crippen LogP contribution is 2.20. The second-order valence-electron chi connectivity index (χ2n) is 6.86. The number of allylic oxidation sites excluding steroid dienone is 2. The van der Waals surface area contributed by atoms with Crippen molar-refractivity contribution in [2.45, 2.75) is 19.4 Å². The molecule has 0 aliphatic carbocycles. The molecule has 0 saturated heterocycles. The number of carboxylic acid groups (broad SMARTS) is 1. The maximum atomic E-state index is 13.8. The number of hydrogen-bond acceptors (Lipinski definition) is 5. The Morgan fingerprint density at radius 3 is 2.00 bits per heavy atom. The topological polar surface area (TPSA) is 101 Å². The molecule has 1 unspecified atom stereocenters. The number of halogens is 2. The fourth-order valence-corrected chi connectivity index (χ4v) is 2.86. The van der Waals surface area contributed by atoms with Crippen molar-refractivity contribution in [1.82, 2.24) is 0 Å². The first kappa shape index (κ1) is 24.6. The van der Waals surface area contributed by atoms with Crippen molar-refractivity contribution in [3.05, 3.63) is 76.9 Å². The number of hydrogen-bond donors (Lipinski definition) is 2. The van der Waals surface area contributed by atoms with Gasteiger partial charge in [0.05, 0.1) is 19.6 Å². The Morgan fingerprint density at radius 1 is 0.969 bits per heavy atom. The first-order valence-corrected chi connectivity index (χ1v) is 9.63. The van der Waals surface area contributed by atoms with Gasteiger partial charge in [0, 0.05) is 12.0 Å². The fourth-order valence-electron chi connectivity index (χ4n) is 2.86. The van der Waals surface area contributed by atoms with Gasteiger partial charge < -0.3 is 14.9 Å². The van der Waals surface area contributed by atoms with E-state index in [0.29, 0.717) is 11.1 Å². The van der Waals surface area contributed by atoms with E-state index in [0.717, 1.165) is 24.3 Å². The van der Waals surface area contributed by atoms with E-state index in [2.05, 4.69) is 0 Å². The van der Waals surface area contributed by atoms with Crippen LogP contribution in [0.3, 0.4) is 0 Å². The van der Waals surface area contributed by atoms with Gasteiger partial charge in [-0.3, -0.25) is 14.4 Å². The van der Waals surface area contributed by atoms with Crippen molar-refractivity contribution >= 4 is 29.7 Å². The second-order valence-corrected chi connectivity index (χ2v) is 6.86. The number of carboxylic acids is 1. The second kappa shape index (κ2) is 11.7. The maximum Gasteiger partial charge on any atom is 0.303 e. The number of ketones is 2. The van der Waals surface area contributed by atoms with Gasteiger partial charge in [0.2, 0.25) is 0 Å². The normalized spacial score (nSPS) is 12.2. The lowest BCUT2D eigenvalue weighted by Gasteiger charge is -2.09. The van der Waals surface area contributed by atoms with E-state index in [9.17, 15) is 23.2 Å². The Hall–Kier alpha value is -3.65. The first-order chi connectivity index (χ1) is 15.2. The summed E-state index contributed by atoms with van der Waals surface area (Å²) in [6, 6.07) is 8.04. The first-order valence-electron chi connectivity index (χ1n) is 9.63. The van der Waals surface area contributed by atoms with Crippen LogP contribution in [0.4, 0.5) is 8.78 Å². The minimum absolute atomic E-state index is 0.0385. The molecule has 8 heteroatoms. The van der Waals surface area contributed by atoms with Gasteiger partial charge in [-0.25, -0.2) is 8.78 Å². The summed E-state index contributed by atoms with van der Waals surface area (Å²) in [5, 5.41) is 17.9. The molecule has 2 aromatic rings.